The highest BCUT2D eigenvalue weighted by atomic mass is 16.2. The van der Waals surface area contributed by atoms with E-state index in [9.17, 15) is 14.4 Å². The Hall–Kier alpha value is -2.95. The smallest absolute Gasteiger partial charge is 0.262 e. The minimum absolute atomic E-state index is 0.128. The van der Waals surface area contributed by atoms with Gasteiger partial charge in [-0.15, -0.1) is 0 Å². The van der Waals surface area contributed by atoms with E-state index in [0.29, 0.717) is 36.6 Å². The fraction of sp³-hybridized carbons (Fsp3) is 0.375. The predicted octanol–water partition coefficient (Wildman–Crippen LogP) is 3.54. The van der Waals surface area contributed by atoms with Crippen molar-refractivity contribution in [2.45, 2.75) is 38.6 Å². The van der Waals surface area contributed by atoms with E-state index in [4.69, 9.17) is 0 Å². The summed E-state index contributed by atoms with van der Waals surface area (Å²) in [6, 6.07) is 15.6. The average molecular weight is 390 g/mol. The molecule has 5 heteroatoms. The summed E-state index contributed by atoms with van der Waals surface area (Å²) in [4.78, 5) is 42.8. The first kappa shape index (κ1) is 19.4. The molecule has 1 saturated carbocycles. The molecular weight excluding hydrogens is 364 g/mol. The van der Waals surface area contributed by atoms with Crippen molar-refractivity contribution in [3.05, 3.63) is 71.3 Å². The van der Waals surface area contributed by atoms with Crippen LogP contribution in [0.4, 0.5) is 0 Å². The largest absolute Gasteiger partial charge is 0.341 e. The third-order valence-electron chi connectivity index (χ3n) is 5.67. The zero-order valence-electron chi connectivity index (χ0n) is 16.7. The third-order valence-corrected chi connectivity index (χ3v) is 5.67. The van der Waals surface area contributed by atoms with Crippen molar-refractivity contribution >= 4 is 17.7 Å². The van der Waals surface area contributed by atoms with Gasteiger partial charge in [0.1, 0.15) is 6.04 Å². The van der Waals surface area contributed by atoms with Crippen LogP contribution in [0.15, 0.2) is 54.6 Å². The second-order valence-corrected chi connectivity index (χ2v) is 7.96. The van der Waals surface area contributed by atoms with Crippen molar-refractivity contribution in [1.82, 2.24) is 9.80 Å². The highest BCUT2D eigenvalue weighted by Gasteiger charge is 2.44. The lowest BCUT2D eigenvalue weighted by atomic mass is 10.0. The Labute approximate surface area is 171 Å². The van der Waals surface area contributed by atoms with Gasteiger partial charge in [0.2, 0.25) is 5.91 Å². The van der Waals surface area contributed by atoms with Crippen LogP contribution in [0.2, 0.25) is 0 Å². The van der Waals surface area contributed by atoms with Crippen molar-refractivity contribution in [2.24, 2.45) is 5.92 Å². The van der Waals surface area contributed by atoms with Crippen LogP contribution in [-0.4, -0.2) is 46.7 Å². The average Bonchev–Trinajstić information content (AvgIpc) is 3.53. The SMILES string of the molecule is CCCN(CC1CC1)C(=O)[C@@H](Cc1ccccc1)N1C(=O)c2ccccc2C1=O. The van der Waals surface area contributed by atoms with Crippen molar-refractivity contribution in [3.8, 4) is 0 Å². The first-order valence-corrected chi connectivity index (χ1v) is 10.4. The van der Waals surface area contributed by atoms with Gasteiger partial charge in [-0.1, -0.05) is 49.4 Å². The van der Waals surface area contributed by atoms with Gasteiger partial charge in [0.15, 0.2) is 0 Å². The number of carbonyl (C=O) groups is 3. The van der Waals surface area contributed by atoms with Crippen LogP contribution in [-0.2, 0) is 11.2 Å². The number of nitrogens with zero attached hydrogens (tertiary/aromatic N) is 2. The zero-order valence-corrected chi connectivity index (χ0v) is 16.7. The van der Waals surface area contributed by atoms with Gasteiger partial charge in [-0.05, 0) is 42.9 Å². The summed E-state index contributed by atoms with van der Waals surface area (Å²) in [6.07, 6.45) is 3.46. The van der Waals surface area contributed by atoms with Crippen LogP contribution in [0.25, 0.3) is 0 Å². The van der Waals surface area contributed by atoms with Crippen LogP contribution >= 0.6 is 0 Å². The monoisotopic (exact) mass is 390 g/mol. The Morgan fingerprint density at radius 3 is 2.14 bits per heavy atom. The van der Waals surface area contributed by atoms with E-state index in [2.05, 4.69) is 0 Å². The maximum Gasteiger partial charge on any atom is 0.262 e. The number of imide groups is 1. The highest BCUT2D eigenvalue weighted by molar-refractivity contribution is 6.22. The molecule has 0 spiro atoms. The number of hydrogen-bond acceptors (Lipinski definition) is 3. The van der Waals surface area contributed by atoms with Crippen molar-refractivity contribution < 1.29 is 14.4 Å². The fourth-order valence-electron chi connectivity index (χ4n) is 4.00. The molecule has 1 heterocycles. The van der Waals surface area contributed by atoms with Crippen LogP contribution in [0.3, 0.4) is 0 Å². The van der Waals surface area contributed by atoms with E-state index in [-0.39, 0.29) is 17.7 Å². The summed E-state index contributed by atoms with van der Waals surface area (Å²) in [5.74, 6) is -0.326. The molecule has 0 aromatic heterocycles. The Bertz CT molecular complexity index is 886. The molecule has 1 fully saturated rings. The van der Waals surface area contributed by atoms with Gasteiger partial charge < -0.3 is 4.90 Å². The van der Waals surface area contributed by atoms with Gasteiger partial charge in [-0.3, -0.25) is 19.3 Å². The summed E-state index contributed by atoms with van der Waals surface area (Å²) in [5, 5.41) is 0. The second kappa shape index (κ2) is 8.19. The van der Waals surface area contributed by atoms with Gasteiger partial charge in [0, 0.05) is 19.5 Å². The molecule has 0 unspecified atom stereocenters. The fourth-order valence-corrected chi connectivity index (χ4v) is 4.00. The third kappa shape index (κ3) is 3.95. The van der Waals surface area contributed by atoms with Crippen LogP contribution in [0.1, 0.15) is 52.5 Å². The van der Waals surface area contributed by atoms with Gasteiger partial charge in [-0.2, -0.15) is 0 Å². The lowest BCUT2D eigenvalue weighted by molar-refractivity contribution is -0.135. The molecule has 4 rings (SSSR count). The summed E-state index contributed by atoms with van der Waals surface area (Å²) in [6.45, 7) is 3.40. The molecule has 3 amide bonds. The maximum absolute atomic E-state index is 13.6. The molecule has 1 atom stereocenters. The molecule has 2 aromatic carbocycles. The molecule has 1 aliphatic carbocycles. The van der Waals surface area contributed by atoms with E-state index in [1.54, 1.807) is 24.3 Å². The quantitative estimate of drug-likeness (QED) is 0.648. The highest BCUT2D eigenvalue weighted by Crippen LogP contribution is 2.31. The molecule has 2 aromatic rings. The number of amides is 3. The molecule has 0 bridgehead atoms. The molecule has 150 valence electrons. The van der Waals surface area contributed by atoms with Crippen molar-refractivity contribution in [3.63, 3.8) is 0 Å². The van der Waals surface area contributed by atoms with Gasteiger partial charge >= 0.3 is 0 Å². The summed E-state index contributed by atoms with van der Waals surface area (Å²) >= 11 is 0. The number of fused-ring (bicyclic) bond motifs is 1. The molecule has 0 saturated heterocycles. The number of rotatable bonds is 8. The Morgan fingerprint density at radius 2 is 1.59 bits per heavy atom. The Morgan fingerprint density at radius 1 is 1.00 bits per heavy atom. The van der Waals surface area contributed by atoms with E-state index >= 15 is 0 Å². The van der Waals surface area contributed by atoms with E-state index in [1.807, 2.05) is 42.2 Å². The summed E-state index contributed by atoms with van der Waals surface area (Å²) in [7, 11) is 0. The zero-order chi connectivity index (χ0) is 20.4. The number of carbonyl (C=O) groups excluding carboxylic acids is 3. The van der Waals surface area contributed by atoms with Crippen LogP contribution < -0.4 is 0 Å². The first-order chi connectivity index (χ1) is 14.1. The molecule has 1 aliphatic heterocycles. The molecule has 29 heavy (non-hydrogen) atoms. The molecule has 5 nitrogen and oxygen atoms in total. The summed E-state index contributed by atoms with van der Waals surface area (Å²) in [5.41, 5.74) is 1.70. The lowest BCUT2D eigenvalue weighted by Crippen LogP contribution is -2.52. The standard InChI is InChI=1S/C24H26N2O3/c1-2-14-25(16-18-12-13-18)24(29)21(15-17-8-4-3-5-9-17)26-22(27)19-10-6-7-11-20(19)23(26)28/h3-11,18,21H,2,12-16H2,1H3/t21-/m1/s1. The summed E-state index contributed by atoms with van der Waals surface area (Å²) < 4.78 is 0. The minimum Gasteiger partial charge on any atom is -0.341 e. The molecule has 2 aliphatic rings. The predicted molar refractivity (Wildman–Crippen MR) is 110 cm³/mol. The second-order valence-electron chi connectivity index (χ2n) is 7.96. The van der Waals surface area contributed by atoms with Crippen LogP contribution in [0, 0.1) is 5.92 Å². The van der Waals surface area contributed by atoms with Gasteiger partial charge in [0.25, 0.3) is 11.8 Å². The maximum atomic E-state index is 13.6. The topological polar surface area (TPSA) is 57.7 Å². The van der Waals surface area contributed by atoms with Crippen molar-refractivity contribution in [1.29, 1.82) is 0 Å². The minimum atomic E-state index is -0.824. The number of benzene rings is 2. The normalized spacial score (nSPS) is 16.7. The van der Waals surface area contributed by atoms with Crippen LogP contribution in [0.5, 0.6) is 0 Å². The van der Waals surface area contributed by atoms with Gasteiger partial charge in [0.05, 0.1) is 11.1 Å². The Kier molecular flexibility index (Phi) is 5.47. The molecule has 0 radical (unpaired) electrons. The van der Waals surface area contributed by atoms with Gasteiger partial charge in [-0.25, -0.2) is 0 Å². The van der Waals surface area contributed by atoms with E-state index < -0.39 is 6.04 Å². The first-order valence-electron chi connectivity index (χ1n) is 10.4. The Balaban J connectivity index is 1.67. The van der Waals surface area contributed by atoms with E-state index in [0.717, 1.165) is 24.8 Å². The molecule has 0 N–H and O–H groups in total. The molecular formula is C24H26N2O3. The number of hydrogen-bond donors (Lipinski definition) is 0. The van der Waals surface area contributed by atoms with Crippen molar-refractivity contribution in [2.75, 3.05) is 13.1 Å². The lowest BCUT2D eigenvalue weighted by Gasteiger charge is -2.31. The van der Waals surface area contributed by atoms with E-state index in [1.165, 1.54) is 4.90 Å².